The van der Waals surface area contributed by atoms with Crippen LogP contribution in [-0.2, 0) is 0 Å². The van der Waals surface area contributed by atoms with Crippen LogP contribution < -0.4 is 10.5 Å². The lowest BCUT2D eigenvalue weighted by molar-refractivity contribution is 0.0656. The van der Waals surface area contributed by atoms with Gasteiger partial charge in [-0.25, -0.2) is 0 Å². The summed E-state index contributed by atoms with van der Waals surface area (Å²) >= 11 is 0. The zero-order chi connectivity index (χ0) is 16.8. The second-order valence-electron chi connectivity index (χ2n) is 6.66. The third kappa shape index (κ3) is 4.94. The van der Waals surface area contributed by atoms with Crippen molar-refractivity contribution in [2.24, 2.45) is 11.7 Å². The topological polar surface area (TPSA) is 58.8 Å². The molecule has 1 aliphatic heterocycles. The van der Waals surface area contributed by atoms with Crippen LogP contribution in [0, 0.1) is 5.92 Å². The molecule has 1 amide bonds. The maximum atomic E-state index is 12.9. The Balaban J connectivity index is 2.06. The Morgan fingerprint density at radius 1 is 1.43 bits per heavy atom. The molecule has 128 valence electrons. The van der Waals surface area contributed by atoms with Crippen LogP contribution in [0.5, 0.6) is 5.75 Å². The van der Waals surface area contributed by atoms with Crippen molar-refractivity contribution in [3.8, 4) is 5.75 Å². The molecule has 0 spiro atoms. The van der Waals surface area contributed by atoms with Gasteiger partial charge in [0.2, 0.25) is 0 Å². The Morgan fingerprint density at radius 2 is 2.17 bits per heavy atom. The molecule has 5 nitrogen and oxygen atoms in total. The lowest BCUT2D eigenvalue weighted by atomic mass is 9.92. The van der Waals surface area contributed by atoms with Crippen LogP contribution in [0.3, 0.4) is 0 Å². The fourth-order valence-corrected chi connectivity index (χ4v) is 2.90. The Kier molecular flexibility index (Phi) is 6.42. The number of hydrogen-bond acceptors (Lipinski definition) is 4. The first-order valence-corrected chi connectivity index (χ1v) is 8.40. The van der Waals surface area contributed by atoms with Gasteiger partial charge in [0.15, 0.2) is 0 Å². The van der Waals surface area contributed by atoms with Gasteiger partial charge in [-0.15, -0.1) is 0 Å². The van der Waals surface area contributed by atoms with Gasteiger partial charge < -0.3 is 20.3 Å². The number of carbonyl (C=O) groups is 1. The van der Waals surface area contributed by atoms with Crippen molar-refractivity contribution in [1.82, 2.24) is 9.80 Å². The summed E-state index contributed by atoms with van der Waals surface area (Å²) in [5.41, 5.74) is 6.67. The third-order valence-electron chi connectivity index (χ3n) is 4.40. The van der Waals surface area contributed by atoms with E-state index in [0.29, 0.717) is 23.8 Å². The molecule has 0 saturated carbocycles. The number of para-hydroxylation sites is 1. The molecule has 23 heavy (non-hydrogen) atoms. The molecule has 2 atom stereocenters. The van der Waals surface area contributed by atoms with E-state index in [0.717, 1.165) is 32.5 Å². The average Bonchev–Trinajstić information content (AvgIpc) is 2.54. The van der Waals surface area contributed by atoms with E-state index in [1.165, 1.54) is 0 Å². The molecule has 2 N–H and O–H groups in total. The van der Waals surface area contributed by atoms with E-state index in [1.54, 1.807) is 0 Å². The fourth-order valence-electron chi connectivity index (χ4n) is 2.90. The SMILES string of the molecule is C[C@H](N)[C@@H]1CCCN(C(=O)c2ccccc2OCCN(C)C)C1. The summed E-state index contributed by atoms with van der Waals surface area (Å²) in [6.45, 7) is 4.95. The van der Waals surface area contributed by atoms with E-state index < -0.39 is 0 Å². The Morgan fingerprint density at radius 3 is 2.87 bits per heavy atom. The molecule has 0 bridgehead atoms. The van der Waals surface area contributed by atoms with Crippen LogP contribution in [0.2, 0.25) is 0 Å². The highest BCUT2D eigenvalue weighted by Gasteiger charge is 2.27. The number of ether oxygens (including phenoxy) is 1. The van der Waals surface area contributed by atoms with E-state index in [4.69, 9.17) is 10.5 Å². The van der Waals surface area contributed by atoms with Crippen molar-refractivity contribution in [2.75, 3.05) is 40.3 Å². The van der Waals surface area contributed by atoms with Crippen molar-refractivity contribution in [3.05, 3.63) is 29.8 Å². The minimum Gasteiger partial charge on any atom is -0.491 e. The predicted molar refractivity (Wildman–Crippen MR) is 92.8 cm³/mol. The summed E-state index contributed by atoms with van der Waals surface area (Å²) < 4.78 is 5.82. The zero-order valence-electron chi connectivity index (χ0n) is 14.5. The van der Waals surface area contributed by atoms with E-state index in [1.807, 2.05) is 50.2 Å². The van der Waals surface area contributed by atoms with Crippen LogP contribution in [-0.4, -0.2) is 62.1 Å². The van der Waals surface area contributed by atoms with Gasteiger partial charge in [-0.2, -0.15) is 0 Å². The molecule has 2 rings (SSSR count). The molecular formula is C18H29N3O2. The predicted octanol–water partition coefficient (Wildman–Crippen LogP) is 1.83. The Hall–Kier alpha value is -1.59. The monoisotopic (exact) mass is 319 g/mol. The number of rotatable bonds is 6. The number of amides is 1. The quantitative estimate of drug-likeness (QED) is 0.869. The highest BCUT2D eigenvalue weighted by Crippen LogP contribution is 2.24. The lowest BCUT2D eigenvalue weighted by Gasteiger charge is -2.35. The summed E-state index contributed by atoms with van der Waals surface area (Å²) in [6.07, 6.45) is 2.12. The molecule has 0 unspecified atom stereocenters. The van der Waals surface area contributed by atoms with Crippen molar-refractivity contribution >= 4 is 5.91 Å². The molecule has 0 aliphatic carbocycles. The van der Waals surface area contributed by atoms with E-state index >= 15 is 0 Å². The normalized spacial score (nSPS) is 19.7. The lowest BCUT2D eigenvalue weighted by Crippen LogP contribution is -2.45. The van der Waals surface area contributed by atoms with E-state index in [-0.39, 0.29) is 11.9 Å². The molecule has 1 fully saturated rings. The number of piperidine rings is 1. The van der Waals surface area contributed by atoms with Gasteiger partial charge in [0.1, 0.15) is 12.4 Å². The van der Waals surface area contributed by atoms with Crippen LogP contribution in [0.15, 0.2) is 24.3 Å². The standard InChI is InChI=1S/C18H29N3O2/c1-14(19)15-7-6-10-21(13-15)18(22)16-8-4-5-9-17(16)23-12-11-20(2)3/h4-5,8-9,14-15H,6-7,10-13,19H2,1-3H3/t14-,15+/m0/s1. The highest BCUT2D eigenvalue weighted by atomic mass is 16.5. The van der Waals surface area contributed by atoms with Crippen LogP contribution in [0.1, 0.15) is 30.1 Å². The van der Waals surface area contributed by atoms with Gasteiger partial charge in [-0.1, -0.05) is 12.1 Å². The number of likely N-dealkylation sites (tertiary alicyclic amines) is 1. The minimum atomic E-state index is 0.0517. The minimum absolute atomic E-state index is 0.0517. The second-order valence-corrected chi connectivity index (χ2v) is 6.66. The molecular weight excluding hydrogens is 290 g/mol. The first-order chi connectivity index (χ1) is 11.0. The molecule has 1 aromatic rings. The molecule has 5 heteroatoms. The van der Waals surface area contributed by atoms with Gasteiger partial charge in [-0.05, 0) is 51.9 Å². The van der Waals surface area contributed by atoms with Crippen molar-refractivity contribution in [2.45, 2.75) is 25.8 Å². The number of carbonyl (C=O) groups excluding carboxylic acids is 1. The smallest absolute Gasteiger partial charge is 0.257 e. The largest absolute Gasteiger partial charge is 0.491 e. The van der Waals surface area contributed by atoms with E-state index in [9.17, 15) is 4.79 Å². The van der Waals surface area contributed by atoms with E-state index in [2.05, 4.69) is 4.90 Å². The highest BCUT2D eigenvalue weighted by molar-refractivity contribution is 5.97. The number of nitrogens with zero attached hydrogens (tertiary/aromatic N) is 2. The summed E-state index contributed by atoms with van der Waals surface area (Å²) in [6, 6.07) is 7.64. The molecule has 1 heterocycles. The number of hydrogen-bond donors (Lipinski definition) is 1. The van der Waals surface area contributed by atoms with Gasteiger partial charge in [0.25, 0.3) is 5.91 Å². The zero-order valence-corrected chi connectivity index (χ0v) is 14.5. The second kappa shape index (κ2) is 8.31. The van der Waals surface area contributed by atoms with Crippen molar-refractivity contribution in [3.63, 3.8) is 0 Å². The summed E-state index contributed by atoms with van der Waals surface area (Å²) in [4.78, 5) is 16.9. The Labute approximate surface area is 139 Å². The molecule has 0 aromatic heterocycles. The number of nitrogens with two attached hydrogens (primary N) is 1. The third-order valence-corrected chi connectivity index (χ3v) is 4.40. The molecule has 1 saturated heterocycles. The van der Waals surface area contributed by atoms with Gasteiger partial charge in [0, 0.05) is 25.7 Å². The van der Waals surface area contributed by atoms with Crippen LogP contribution in [0.25, 0.3) is 0 Å². The van der Waals surface area contributed by atoms with Gasteiger partial charge in [0.05, 0.1) is 5.56 Å². The van der Waals surface area contributed by atoms with Crippen molar-refractivity contribution in [1.29, 1.82) is 0 Å². The Bertz CT molecular complexity index is 517. The number of likely N-dealkylation sites (N-methyl/N-ethyl adjacent to an activating group) is 1. The average molecular weight is 319 g/mol. The van der Waals surface area contributed by atoms with Crippen LogP contribution in [0.4, 0.5) is 0 Å². The first kappa shape index (κ1) is 17.8. The summed E-state index contributed by atoms with van der Waals surface area (Å²) in [5.74, 6) is 1.10. The fraction of sp³-hybridized carbons (Fsp3) is 0.611. The molecule has 1 aromatic carbocycles. The van der Waals surface area contributed by atoms with Crippen LogP contribution >= 0.6 is 0 Å². The first-order valence-electron chi connectivity index (χ1n) is 8.40. The van der Waals surface area contributed by atoms with Gasteiger partial charge >= 0.3 is 0 Å². The summed E-state index contributed by atoms with van der Waals surface area (Å²) in [5, 5.41) is 0. The number of benzene rings is 1. The molecule has 1 aliphatic rings. The molecule has 0 radical (unpaired) electrons. The maximum absolute atomic E-state index is 12.9. The summed E-state index contributed by atoms with van der Waals surface area (Å²) in [7, 11) is 4.00. The maximum Gasteiger partial charge on any atom is 0.257 e. The van der Waals surface area contributed by atoms with Crippen molar-refractivity contribution < 1.29 is 9.53 Å². The van der Waals surface area contributed by atoms with Gasteiger partial charge in [-0.3, -0.25) is 4.79 Å².